The third-order valence-corrected chi connectivity index (χ3v) is 5.37. The Morgan fingerprint density at radius 3 is 2.40 bits per heavy atom. The van der Waals surface area contributed by atoms with Crippen LogP contribution in [0.4, 0.5) is 10.5 Å². The zero-order chi connectivity index (χ0) is 21.5. The number of rotatable bonds is 9. The average Bonchev–Trinajstić information content (AvgIpc) is 3.55. The summed E-state index contributed by atoms with van der Waals surface area (Å²) in [5.41, 5.74) is 2.82. The summed E-state index contributed by atoms with van der Waals surface area (Å²) < 4.78 is 0. The molecule has 0 bridgehead atoms. The largest absolute Gasteiger partial charge is 0.334 e. The van der Waals surface area contributed by atoms with Crippen LogP contribution in [0.2, 0.25) is 0 Å². The third-order valence-electron chi connectivity index (χ3n) is 5.37. The minimum Gasteiger partial charge on any atom is -0.334 e. The molecule has 1 fully saturated rings. The lowest BCUT2D eigenvalue weighted by molar-refractivity contribution is -0.116. The van der Waals surface area contributed by atoms with E-state index < -0.39 is 0 Å². The number of hydrogen-bond acceptors (Lipinski definition) is 3. The second kappa shape index (κ2) is 10.3. The molecule has 2 aromatic rings. The van der Waals surface area contributed by atoms with Crippen LogP contribution < -0.4 is 10.6 Å². The highest BCUT2D eigenvalue weighted by Crippen LogP contribution is 2.35. The summed E-state index contributed by atoms with van der Waals surface area (Å²) in [6.07, 6.45) is 2.38. The molecule has 160 valence electrons. The Hall–Kier alpha value is -2.86. The molecule has 0 saturated heterocycles. The zero-order valence-electron chi connectivity index (χ0n) is 18.1. The van der Waals surface area contributed by atoms with Gasteiger partial charge in [0.25, 0.3) is 0 Å². The van der Waals surface area contributed by atoms with Crippen LogP contribution in [0.15, 0.2) is 54.6 Å². The predicted octanol–water partition coefficient (Wildman–Crippen LogP) is 3.70. The number of likely N-dealkylation sites (N-methyl/N-ethyl adjacent to an activating group) is 1. The van der Waals surface area contributed by atoms with Crippen LogP contribution in [-0.4, -0.2) is 48.4 Å². The number of hydrogen-bond donors (Lipinski definition) is 2. The summed E-state index contributed by atoms with van der Waals surface area (Å²) in [7, 11) is 3.71. The van der Waals surface area contributed by atoms with Crippen molar-refractivity contribution in [3.8, 4) is 0 Å². The van der Waals surface area contributed by atoms with Gasteiger partial charge >= 0.3 is 6.03 Å². The van der Waals surface area contributed by atoms with Crippen molar-refractivity contribution in [1.82, 2.24) is 15.1 Å². The van der Waals surface area contributed by atoms with E-state index in [4.69, 9.17) is 0 Å². The van der Waals surface area contributed by atoms with Gasteiger partial charge in [-0.05, 0) is 63.0 Å². The third kappa shape index (κ3) is 6.59. The van der Waals surface area contributed by atoms with E-state index in [-0.39, 0.29) is 18.0 Å². The van der Waals surface area contributed by atoms with Crippen molar-refractivity contribution in [3.05, 3.63) is 65.7 Å². The minimum absolute atomic E-state index is 0.0553. The number of carbonyl (C=O) groups excluding carboxylic acids is 2. The number of amides is 3. The van der Waals surface area contributed by atoms with Crippen molar-refractivity contribution >= 4 is 17.6 Å². The summed E-state index contributed by atoms with van der Waals surface area (Å²) in [6.45, 7) is 3.49. The lowest BCUT2D eigenvalue weighted by atomic mass is 10.1. The fourth-order valence-electron chi connectivity index (χ4n) is 3.54. The molecule has 1 aliphatic rings. The summed E-state index contributed by atoms with van der Waals surface area (Å²) in [5, 5.41) is 5.96. The van der Waals surface area contributed by atoms with E-state index in [0.29, 0.717) is 25.6 Å². The second-order valence-corrected chi connectivity index (χ2v) is 8.34. The maximum absolute atomic E-state index is 13.0. The van der Waals surface area contributed by atoms with E-state index in [2.05, 4.69) is 29.7 Å². The first-order chi connectivity index (χ1) is 14.4. The molecule has 3 amide bonds. The van der Waals surface area contributed by atoms with Crippen molar-refractivity contribution in [3.63, 3.8) is 0 Å². The maximum Gasteiger partial charge on any atom is 0.318 e. The molecule has 30 heavy (non-hydrogen) atoms. The normalized spacial score (nSPS) is 14.3. The van der Waals surface area contributed by atoms with Gasteiger partial charge in [0.05, 0.1) is 6.54 Å². The molecule has 0 spiro atoms. The zero-order valence-corrected chi connectivity index (χ0v) is 18.1. The summed E-state index contributed by atoms with van der Waals surface area (Å²) in [4.78, 5) is 28.8. The molecule has 1 saturated carbocycles. The second-order valence-electron chi connectivity index (χ2n) is 8.34. The Bertz CT molecular complexity index is 849. The minimum atomic E-state index is -0.0616. The van der Waals surface area contributed by atoms with Gasteiger partial charge < -0.3 is 20.4 Å². The van der Waals surface area contributed by atoms with Crippen LogP contribution >= 0.6 is 0 Å². The predicted molar refractivity (Wildman–Crippen MR) is 120 cm³/mol. The Morgan fingerprint density at radius 1 is 1.03 bits per heavy atom. The molecule has 1 aliphatic carbocycles. The first-order valence-electron chi connectivity index (χ1n) is 10.5. The molecule has 1 atom stereocenters. The molecule has 6 nitrogen and oxygen atoms in total. The van der Waals surface area contributed by atoms with Crippen LogP contribution in [-0.2, 0) is 17.9 Å². The van der Waals surface area contributed by atoms with Crippen LogP contribution in [0.5, 0.6) is 0 Å². The van der Waals surface area contributed by atoms with E-state index in [1.165, 1.54) is 12.8 Å². The lowest BCUT2D eigenvalue weighted by Gasteiger charge is -2.30. The molecular weight excluding hydrogens is 376 g/mol. The molecule has 1 unspecified atom stereocenters. The van der Waals surface area contributed by atoms with E-state index in [1.807, 2.05) is 66.4 Å². The molecule has 0 aliphatic heterocycles. The first-order valence-corrected chi connectivity index (χ1v) is 10.5. The van der Waals surface area contributed by atoms with Gasteiger partial charge in [0.1, 0.15) is 0 Å². The van der Waals surface area contributed by atoms with Gasteiger partial charge in [-0.1, -0.05) is 42.5 Å². The monoisotopic (exact) mass is 408 g/mol. The lowest BCUT2D eigenvalue weighted by Crippen LogP contribution is -2.45. The van der Waals surface area contributed by atoms with Gasteiger partial charge in [-0.15, -0.1) is 0 Å². The van der Waals surface area contributed by atoms with Crippen molar-refractivity contribution in [1.29, 1.82) is 0 Å². The van der Waals surface area contributed by atoms with Gasteiger partial charge in [-0.2, -0.15) is 0 Å². The summed E-state index contributed by atoms with van der Waals surface area (Å²) >= 11 is 0. The number of nitrogens with zero attached hydrogens (tertiary/aromatic N) is 2. The van der Waals surface area contributed by atoms with Gasteiger partial charge in [-0.3, -0.25) is 4.79 Å². The van der Waals surface area contributed by atoms with Crippen LogP contribution in [0.25, 0.3) is 0 Å². The number of carbonyl (C=O) groups is 2. The first kappa shape index (κ1) is 21.8. The number of nitrogens with one attached hydrogen (secondary N) is 2. The Morgan fingerprint density at radius 2 is 1.73 bits per heavy atom. The molecule has 0 aromatic heterocycles. The highest BCUT2D eigenvalue weighted by molar-refractivity contribution is 5.92. The molecule has 2 N–H and O–H groups in total. The van der Waals surface area contributed by atoms with Crippen molar-refractivity contribution in [2.45, 2.75) is 38.9 Å². The Kier molecular flexibility index (Phi) is 7.46. The molecule has 0 radical (unpaired) electrons. The van der Waals surface area contributed by atoms with Gasteiger partial charge in [-0.25, -0.2) is 4.79 Å². The smallest absolute Gasteiger partial charge is 0.318 e. The summed E-state index contributed by atoms with van der Waals surface area (Å²) in [5.74, 6) is 0.531. The van der Waals surface area contributed by atoms with Crippen LogP contribution in [0, 0.1) is 5.92 Å². The molecule has 6 heteroatoms. The van der Waals surface area contributed by atoms with Gasteiger partial charge in [0.2, 0.25) is 5.91 Å². The average molecular weight is 409 g/mol. The fourth-order valence-corrected chi connectivity index (χ4v) is 3.54. The highest BCUT2D eigenvalue weighted by atomic mass is 16.2. The molecular formula is C24H32N4O2. The molecule has 3 rings (SSSR count). The van der Waals surface area contributed by atoms with E-state index in [9.17, 15) is 9.59 Å². The summed E-state index contributed by atoms with van der Waals surface area (Å²) in [6, 6.07) is 17.9. The number of benzene rings is 2. The van der Waals surface area contributed by atoms with Crippen molar-refractivity contribution in [2.24, 2.45) is 5.92 Å². The quantitative estimate of drug-likeness (QED) is 0.665. The topological polar surface area (TPSA) is 64.7 Å². The fraction of sp³-hybridized carbons (Fsp3) is 0.417. The van der Waals surface area contributed by atoms with Crippen LogP contribution in [0.3, 0.4) is 0 Å². The van der Waals surface area contributed by atoms with Crippen molar-refractivity contribution < 1.29 is 9.59 Å². The molecule has 2 aromatic carbocycles. The SMILES string of the molecule is CC(C1CC1)N(Cc1ccccc1)C(=O)NCc1cccc(NC(=O)CN(C)C)c1. The van der Waals surface area contributed by atoms with Crippen molar-refractivity contribution in [2.75, 3.05) is 26.0 Å². The van der Waals surface area contributed by atoms with Gasteiger partial charge in [0, 0.05) is 24.8 Å². The number of anilines is 1. The van der Waals surface area contributed by atoms with E-state index >= 15 is 0 Å². The van der Waals surface area contributed by atoms with Crippen LogP contribution in [0.1, 0.15) is 30.9 Å². The standard InChI is InChI=1S/C24H32N4O2/c1-18(21-12-13-21)28(16-19-8-5-4-6-9-19)24(30)25-15-20-10-7-11-22(14-20)26-23(29)17-27(2)3/h4-11,14,18,21H,12-13,15-17H2,1-3H3,(H,25,30)(H,26,29). The molecule has 0 heterocycles. The maximum atomic E-state index is 13.0. The highest BCUT2D eigenvalue weighted by Gasteiger charge is 2.34. The van der Waals surface area contributed by atoms with Gasteiger partial charge in [0.15, 0.2) is 0 Å². The Labute approximate surface area is 179 Å². The van der Waals surface area contributed by atoms with E-state index in [0.717, 1.165) is 16.8 Å². The Balaban J connectivity index is 1.60. The van der Waals surface area contributed by atoms with E-state index in [1.54, 1.807) is 0 Å². The number of urea groups is 1.